The lowest BCUT2D eigenvalue weighted by Gasteiger charge is -2.30. The molecule has 0 saturated heterocycles. The Bertz CT molecular complexity index is 2310. The van der Waals surface area contributed by atoms with Crippen LogP contribution in [0, 0.1) is 0 Å². The first-order chi connectivity index (χ1) is 22.3. The van der Waals surface area contributed by atoms with E-state index in [-0.39, 0.29) is 0 Å². The second-order valence-electron chi connectivity index (χ2n) is 11.6. The van der Waals surface area contributed by atoms with Gasteiger partial charge in [-0.3, -0.25) is 0 Å². The number of hydrogen-bond donors (Lipinski definition) is 0. The summed E-state index contributed by atoms with van der Waals surface area (Å²) in [6.07, 6.45) is 4.08. The van der Waals surface area contributed by atoms with Crippen molar-refractivity contribution in [2.45, 2.75) is 12.8 Å². The van der Waals surface area contributed by atoms with Crippen LogP contribution in [0.5, 0.6) is 0 Å². The van der Waals surface area contributed by atoms with E-state index in [1.807, 2.05) is 30.3 Å². The minimum atomic E-state index is 0.669. The Hall–Kier alpha value is -5.87. The highest BCUT2D eigenvalue weighted by Gasteiger charge is 2.23. The Kier molecular flexibility index (Phi) is 5.91. The summed E-state index contributed by atoms with van der Waals surface area (Å²) < 4.78 is 8.74. The largest absolute Gasteiger partial charge is 0.436 e. The number of allylic oxidation sites excluding steroid dienone is 1. The summed E-state index contributed by atoms with van der Waals surface area (Å²) in [7, 11) is 0. The topological polar surface area (TPSA) is 34.2 Å². The molecule has 6 aromatic carbocycles. The van der Waals surface area contributed by atoms with E-state index in [2.05, 4.69) is 131 Å². The second-order valence-corrected chi connectivity index (χ2v) is 11.6. The van der Waals surface area contributed by atoms with Gasteiger partial charge in [0, 0.05) is 44.7 Å². The molecule has 45 heavy (non-hydrogen) atoms. The molecular weight excluding hydrogens is 550 g/mol. The van der Waals surface area contributed by atoms with Gasteiger partial charge in [-0.15, -0.1) is 0 Å². The number of nitrogens with zero attached hydrogens (tertiary/aromatic N) is 3. The maximum Gasteiger partial charge on any atom is 0.227 e. The second kappa shape index (κ2) is 10.4. The molecule has 0 N–H and O–H groups in total. The summed E-state index contributed by atoms with van der Waals surface area (Å²) in [4.78, 5) is 7.20. The fourth-order valence-electron chi connectivity index (χ4n) is 6.85. The van der Waals surface area contributed by atoms with Crippen LogP contribution in [0.1, 0.15) is 17.5 Å². The van der Waals surface area contributed by atoms with Crippen LogP contribution in [0.4, 0.5) is 11.4 Å². The Morgan fingerprint density at radius 1 is 0.578 bits per heavy atom. The zero-order valence-corrected chi connectivity index (χ0v) is 24.6. The van der Waals surface area contributed by atoms with Gasteiger partial charge in [-0.25, -0.2) is 4.98 Å². The van der Waals surface area contributed by atoms with Crippen molar-refractivity contribution >= 4 is 50.4 Å². The number of para-hydroxylation sites is 3. The average Bonchev–Trinajstić information content (AvgIpc) is 3.70. The molecule has 0 aliphatic heterocycles. The molecule has 0 bridgehead atoms. The summed E-state index contributed by atoms with van der Waals surface area (Å²) >= 11 is 0. The molecule has 0 spiro atoms. The number of hydrogen-bond acceptors (Lipinski definition) is 3. The van der Waals surface area contributed by atoms with E-state index in [9.17, 15) is 0 Å². The molecule has 2 heterocycles. The smallest absolute Gasteiger partial charge is 0.227 e. The molecule has 0 unspecified atom stereocenters. The zero-order valence-electron chi connectivity index (χ0n) is 24.6. The molecule has 214 valence electrons. The van der Waals surface area contributed by atoms with E-state index in [1.54, 1.807) is 0 Å². The summed E-state index contributed by atoms with van der Waals surface area (Å²) in [6.45, 7) is 0. The highest BCUT2D eigenvalue weighted by atomic mass is 16.3. The lowest BCUT2D eigenvalue weighted by atomic mass is 9.93. The third-order valence-corrected chi connectivity index (χ3v) is 8.92. The van der Waals surface area contributed by atoms with Crippen molar-refractivity contribution in [3.05, 3.63) is 162 Å². The lowest BCUT2D eigenvalue weighted by molar-refractivity contribution is 0.614. The SMILES string of the molecule is C1=C(N(c2ccccc2)c2ccc(-n3c4ccccc4c4ccccc43)cc2)CCc2c1ccc1nc(-c3ccccc3)oc21. The summed E-state index contributed by atoms with van der Waals surface area (Å²) in [6, 6.07) is 51.3. The van der Waals surface area contributed by atoms with Gasteiger partial charge in [-0.2, -0.15) is 0 Å². The Morgan fingerprint density at radius 2 is 1.20 bits per heavy atom. The summed E-state index contributed by atoms with van der Waals surface area (Å²) in [5.41, 5.74) is 12.3. The van der Waals surface area contributed by atoms with Gasteiger partial charge in [0.1, 0.15) is 5.52 Å². The van der Waals surface area contributed by atoms with Gasteiger partial charge in [0.2, 0.25) is 5.89 Å². The van der Waals surface area contributed by atoms with Gasteiger partial charge < -0.3 is 13.9 Å². The minimum absolute atomic E-state index is 0.669. The van der Waals surface area contributed by atoms with Crippen LogP contribution in [0.2, 0.25) is 0 Å². The van der Waals surface area contributed by atoms with Gasteiger partial charge in [-0.05, 0) is 91.2 Å². The first kappa shape index (κ1) is 25.6. The van der Waals surface area contributed by atoms with E-state index in [4.69, 9.17) is 9.40 Å². The summed E-state index contributed by atoms with van der Waals surface area (Å²) in [5.74, 6) is 0.669. The van der Waals surface area contributed by atoms with Crippen molar-refractivity contribution in [2.75, 3.05) is 4.90 Å². The minimum Gasteiger partial charge on any atom is -0.436 e. The molecule has 0 fully saturated rings. The van der Waals surface area contributed by atoms with Crippen molar-refractivity contribution in [3.63, 3.8) is 0 Å². The first-order valence-electron chi connectivity index (χ1n) is 15.4. The maximum atomic E-state index is 6.37. The molecule has 4 heteroatoms. The molecule has 0 radical (unpaired) electrons. The van der Waals surface area contributed by atoms with E-state index in [0.29, 0.717) is 5.89 Å². The van der Waals surface area contributed by atoms with Crippen molar-refractivity contribution in [1.82, 2.24) is 9.55 Å². The Morgan fingerprint density at radius 3 is 1.91 bits per heavy atom. The maximum absolute atomic E-state index is 6.37. The molecule has 4 nitrogen and oxygen atoms in total. The quantitative estimate of drug-likeness (QED) is 0.203. The average molecular weight is 580 g/mol. The number of aromatic nitrogens is 2. The van der Waals surface area contributed by atoms with Crippen LogP contribution >= 0.6 is 0 Å². The monoisotopic (exact) mass is 579 g/mol. The van der Waals surface area contributed by atoms with Gasteiger partial charge in [0.15, 0.2) is 5.58 Å². The van der Waals surface area contributed by atoms with Crippen LogP contribution < -0.4 is 4.90 Å². The summed E-state index contributed by atoms with van der Waals surface area (Å²) in [5, 5.41) is 2.54. The highest BCUT2D eigenvalue weighted by molar-refractivity contribution is 6.09. The van der Waals surface area contributed by atoms with Crippen LogP contribution in [-0.2, 0) is 6.42 Å². The van der Waals surface area contributed by atoms with Gasteiger partial charge in [-0.1, -0.05) is 78.9 Å². The number of benzene rings is 6. The zero-order chi connectivity index (χ0) is 29.7. The van der Waals surface area contributed by atoms with Crippen LogP contribution in [-0.4, -0.2) is 9.55 Å². The van der Waals surface area contributed by atoms with Crippen molar-refractivity contribution in [1.29, 1.82) is 0 Å². The van der Waals surface area contributed by atoms with E-state index in [1.165, 1.54) is 38.6 Å². The third kappa shape index (κ3) is 4.26. The molecule has 0 amide bonds. The molecule has 0 saturated carbocycles. The molecule has 2 aromatic heterocycles. The van der Waals surface area contributed by atoms with E-state index >= 15 is 0 Å². The fraction of sp³-hybridized carbons (Fsp3) is 0.0488. The van der Waals surface area contributed by atoms with Crippen molar-refractivity contribution < 1.29 is 4.42 Å². The lowest BCUT2D eigenvalue weighted by Crippen LogP contribution is -2.19. The van der Waals surface area contributed by atoms with E-state index < -0.39 is 0 Å². The van der Waals surface area contributed by atoms with Crippen molar-refractivity contribution in [2.24, 2.45) is 0 Å². The number of aryl methyl sites for hydroxylation is 1. The number of rotatable bonds is 5. The standard InChI is InChI=1S/C41H29N3O/c1-3-11-28(12-4-1)41-42-37-26-19-29-27-33(24-25-34(29)40(37)45-41)43(30-13-5-2-6-14-30)31-20-22-32(23-21-31)44-38-17-9-7-15-35(38)36-16-8-10-18-39(36)44/h1-23,26-27H,24-25H2. The predicted molar refractivity (Wildman–Crippen MR) is 185 cm³/mol. The van der Waals surface area contributed by atoms with Crippen LogP contribution in [0.15, 0.2) is 156 Å². The third-order valence-electron chi connectivity index (χ3n) is 8.92. The molecule has 1 aliphatic carbocycles. The van der Waals surface area contributed by atoms with E-state index in [0.717, 1.165) is 46.6 Å². The molecule has 9 rings (SSSR count). The molecule has 0 atom stereocenters. The molecule has 8 aromatic rings. The highest BCUT2D eigenvalue weighted by Crippen LogP contribution is 2.39. The van der Waals surface area contributed by atoms with Crippen LogP contribution in [0.25, 0.3) is 56.1 Å². The normalized spacial score (nSPS) is 12.8. The van der Waals surface area contributed by atoms with Crippen LogP contribution in [0.3, 0.4) is 0 Å². The first-order valence-corrected chi connectivity index (χ1v) is 15.4. The van der Waals surface area contributed by atoms with Gasteiger partial charge in [0.05, 0.1) is 11.0 Å². The number of anilines is 2. The fourth-order valence-corrected chi connectivity index (χ4v) is 6.85. The molecule has 1 aliphatic rings. The number of oxazole rings is 1. The molecular formula is C41H29N3O. The number of fused-ring (bicyclic) bond motifs is 6. The Balaban J connectivity index is 1.13. The Labute approximate surface area is 261 Å². The van der Waals surface area contributed by atoms with Gasteiger partial charge >= 0.3 is 0 Å². The van der Waals surface area contributed by atoms with Gasteiger partial charge in [0.25, 0.3) is 0 Å². The van der Waals surface area contributed by atoms with Crippen molar-refractivity contribution in [3.8, 4) is 17.1 Å². The predicted octanol–water partition coefficient (Wildman–Crippen LogP) is 10.7.